The van der Waals surface area contributed by atoms with E-state index in [0.29, 0.717) is 6.54 Å². The third-order valence-electron chi connectivity index (χ3n) is 2.65. The third-order valence-corrected chi connectivity index (χ3v) is 3.71. The quantitative estimate of drug-likeness (QED) is 0.888. The predicted molar refractivity (Wildman–Crippen MR) is 74.4 cm³/mol. The molecule has 0 radical (unpaired) electrons. The fourth-order valence-electron chi connectivity index (χ4n) is 1.76. The van der Waals surface area contributed by atoms with Crippen molar-refractivity contribution in [1.82, 2.24) is 4.90 Å². The molecule has 0 bridgehead atoms. The van der Waals surface area contributed by atoms with Crippen LogP contribution in [0.3, 0.4) is 0 Å². The van der Waals surface area contributed by atoms with E-state index in [0.717, 1.165) is 23.6 Å². The lowest BCUT2D eigenvalue weighted by Crippen LogP contribution is -2.43. The number of hydrogen-bond acceptors (Lipinski definition) is 3. The number of rotatable bonds is 2. The van der Waals surface area contributed by atoms with Crippen LogP contribution in [0, 0.1) is 0 Å². The van der Waals surface area contributed by atoms with E-state index in [1.54, 1.807) is 11.8 Å². The Morgan fingerprint density at radius 3 is 2.76 bits per heavy atom. The number of amides is 1. The van der Waals surface area contributed by atoms with Crippen LogP contribution < -0.4 is 5.73 Å². The maximum absolute atomic E-state index is 11.9. The van der Waals surface area contributed by atoms with E-state index in [2.05, 4.69) is 0 Å². The van der Waals surface area contributed by atoms with Gasteiger partial charge >= 0.3 is 0 Å². The van der Waals surface area contributed by atoms with E-state index in [1.807, 2.05) is 35.2 Å². The molecule has 17 heavy (non-hydrogen) atoms. The Bertz CT molecular complexity index is 361. The van der Waals surface area contributed by atoms with E-state index in [9.17, 15) is 4.79 Å². The van der Waals surface area contributed by atoms with E-state index < -0.39 is 0 Å². The molecule has 0 aliphatic carbocycles. The van der Waals surface area contributed by atoms with Crippen molar-refractivity contribution in [3.63, 3.8) is 0 Å². The molecule has 0 saturated carbocycles. The molecule has 0 aromatic heterocycles. The molecule has 0 spiro atoms. The van der Waals surface area contributed by atoms with Gasteiger partial charge in [-0.05, 0) is 5.56 Å². The van der Waals surface area contributed by atoms with Crippen molar-refractivity contribution >= 4 is 30.1 Å². The first-order valence-electron chi connectivity index (χ1n) is 5.43. The molecule has 5 heteroatoms. The Balaban J connectivity index is 0.00000144. The molecule has 3 nitrogen and oxygen atoms in total. The van der Waals surface area contributed by atoms with Gasteiger partial charge in [0.1, 0.15) is 0 Å². The van der Waals surface area contributed by atoms with Gasteiger partial charge in [-0.1, -0.05) is 30.3 Å². The first-order chi connectivity index (χ1) is 7.77. The van der Waals surface area contributed by atoms with Crippen molar-refractivity contribution in [1.29, 1.82) is 0 Å². The van der Waals surface area contributed by atoms with Gasteiger partial charge in [-0.15, -0.1) is 12.4 Å². The summed E-state index contributed by atoms with van der Waals surface area (Å²) >= 11 is 1.75. The molecule has 1 unspecified atom stereocenters. The molecular weight excluding hydrogens is 256 g/mol. The molecule has 1 amide bonds. The van der Waals surface area contributed by atoms with Crippen LogP contribution in [0.5, 0.6) is 0 Å². The van der Waals surface area contributed by atoms with E-state index in [-0.39, 0.29) is 24.4 Å². The van der Waals surface area contributed by atoms with Gasteiger partial charge in [-0.3, -0.25) is 4.79 Å². The molecule has 1 aliphatic rings. The van der Waals surface area contributed by atoms with Crippen molar-refractivity contribution in [2.75, 3.05) is 18.1 Å². The molecule has 1 heterocycles. The number of carbonyl (C=O) groups excluding carboxylic acids is 1. The summed E-state index contributed by atoms with van der Waals surface area (Å²) in [5.74, 6) is 1.80. The summed E-state index contributed by atoms with van der Waals surface area (Å²) in [4.78, 5) is 13.8. The molecule has 1 aromatic carbocycles. The molecular formula is C12H17ClN2OS. The average Bonchev–Trinajstić information content (AvgIpc) is 2.46. The zero-order valence-corrected chi connectivity index (χ0v) is 11.2. The average molecular weight is 273 g/mol. The molecule has 1 saturated heterocycles. The first-order valence-corrected chi connectivity index (χ1v) is 6.59. The van der Waals surface area contributed by atoms with Crippen molar-refractivity contribution in [2.24, 2.45) is 5.73 Å². The number of benzene rings is 1. The van der Waals surface area contributed by atoms with Crippen LogP contribution >= 0.6 is 24.2 Å². The molecule has 2 rings (SSSR count). The smallest absolute Gasteiger partial charge is 0.240 e. The fourth-order valence-corrected chi connectivity index (χ4v) is 2.67. The number of hydrogen-bond donors (Lipinski definition) is 1. The number of halogens is 1. The van der Waals surface area contributed by atoms with Crippen LogP contribution in [-0.2, 0) is 11.3 Å². The zero-order valence-electron chi connectivity index (χ0n) is 9.54. The van der Waals surface area contributed by atoms with Crippen LogP contribution in [0.2, 0.25) is 0 Å². The maximum atomic E-state index is 11.9. The Morgan fingerprint density at radius 1 is 1.35 bits per heavy atom. The summed E-state index contributed by atoms with van der Waals surface area (Å²) in [5, 5.41) is 0. The second-order valence-electron chi connectivity index (χ2n) is 3.93. The molecule has 2 N–H and O–H groups in total. The van der Waals surface area contributed by atoms with Crippen LogP contribution in [0.1, 0.15) is 5.56 Å². The lowest BCUT2D eigenvalue weighted by atomic mass is 10.2. The monoisotopic (exact) mass is 272 g/mol. The summed E-state index contributed by atoms with van der Waals surface area (Å²) in [5.41, 5.74) is 6.97. The van der Waals surface area contributed by atoms with Gasteiger partial charge in [-0.25, -0.2) is 0 Å². The summed E-state index contributed by atoms with van der Waals surface area (Å²) in [6.07, 6.45) is 0. The normalized spacial score (nSPS) is 20.6. The van der Waals surface area contributed by atoms with Crippen molar-refractivity contribution < 1.29 is 4.79 Å². The second kappa shape index (κ2) is 6.89. The summed E-state index contributed by atoms with van der Waals surface area (Å²) < 4.78 is 0. The minimum absolute atomic E-state index is 0. The van der Waals surface area contributed by atoms with Crippen LogP contribution in [0.15, 0.2) is 30.3 Å². The third kappa shape index (κ3) is 3.91. The highest BCUT2D eigenvalue weighted by Crippen LogP contribution is 2.13. The van der Waals surface area contributed by atoms with Gasteiger partial charge in [0.25, 0.3) is 0 Å². The van der Waals surface area contributed by atoms with E-state index >= 15 is 0 Å². The number of carbonyl (C=O) groups is 1. The van der Waals surface area contributed by atoms with Gasteiger partial charge in [0, 0.05) is 24.6 Å². The van der Waals surface area contributed by atoms with Gasteiger partial charge < -0.3 is 10.6 Å². The minimum Gasteiger partial charge on any atom is -0.336 e. The van der Waals surface area contributed by atoms with Crippen molar-refractivity contribution in [3.8, 4) is 0 Å². The minimum atomic E-state index is -0.337. The topological polar surface area (TPSA) is 46.3 Å². The highest BCUT2D eigenvalue weighted by molar-refractivity contribution is 7.99. The van der Waals surface area contributed by atoms with Crippen LogP contribution in [-0.4, -0.2) is 34.9 Å². The number of nitrogens with two attached hydrogens (primary N) is 1. The van der Waals surface area contributed by atoms with Crippen LogP contribution in [0.4, 0.5) is 0 Å². The summed E-state index contributed by atoms with van der Waals surface area (Å²) in [7, 11) is 0. The van der Waals surface area contributed by atoms with Gasteiger partial charge in [0.05, 0.1) is 6.04 Å². The Labute approximate surface area is 112 Å². The Hall–Kier alpha value is -0.710. The van der Waals surface area contributed by atoms with Crippen molar-refractivity contribution in [3.05, 3.63) is 35.9 Å². The van der Waals surface area contributed by atoms with Crippen molar-refractivity contribution in [2.45, 2.75) is 12.6 Å². The molecule has 1 fully saturated rings. The van der Waals surface area contributed by atoms with Gasteiger partial charge in [0.2, 0.25) is 5.91 Å². The predicted octanol–water partition coefficient (Wildman–Crippen LogP) is 1.51. The standard InChI is InChI=1S/C12H16N2OS.ClH/c13-11-9-16-7-6-14(12(11)15)8-10-4-2-1-3-5-10;/h1-5,11H,6-9,13H2;1H. The molecule has 1 aromatic rings. The Kier molecular flexibility index (Phi) is 5.82. The SMILES string of the molecule is Cl.NC1CSCCN(Cc2ccccc2)C1=O. The molecule has 1 atom stereocenters. The first kappa shape index (κ1) is 14.4. The number of nitrogens with zero attached hydrogens (tertiary/aromatic N) is 1. The van der Waals surface area contributed by atoms with E-state index in [1.165, 1.54) is 0 Å². The van der Waals surface area contributed by atoms with E-state index in [4.69, 9.17) is 5.73 Å². The number of thioether (sulfide) groups is 1. The molecule has 94 valence electrons. The zero-order chi connectivity index (χ0) is 11.4. The van der Waals surface area contributed by atoms with Crippen LogP contribution in [0.25, 0.3) is 0 Å². The van der Waals surface area contributed by atoms with Gasteiger partial charge in [0.15, 0.2) is 0 Å². The highest BCUT2D eigenvalue weighted by atomic mass is 35.5. The summed E-state index contributed by atoms with van der Waals surface area (Å²) in [6.45, 7) is 1.47. The van der Waals surface area contributed by atoms with Gasteiger partial charge in [-0.2, -0.15) is 11.8 Å². The fraction of sp³-hybridized carbons (Fsp3) is 0.417. The lowest BCUT2D eigenvalue weighted by molar-refractivity contribution is -0.132. The maximum Gasteiger partial charge on any atom is 0.240 e. The second-order valence-corrected chi connectivity index (χ2v) is 5.08. The Morgan fingerprint density at radius 2 is 2.06 bits per heavy atom. The lowest BCUT2D eigenvalue weighted by Gasteiger charge is -2.22. The highest BCUT2D eigenvalue weighted by Gasteiger charge is 2.23. The summed E-state index contributed by atoms with van der Waals surface area (Å²) in [6, 6.07) is 9.71. The largest absolute Gasteiger partial charge is 0.336 e. The molecule has 1 aliphatic heterocycles.